The fraction of sp³-hybridized carbons (Fsp3) is 0.636. The maximum absolute atomic E-state index is 12.8. The molecule has 0 aromatic carbocycles. The Morgan fingerprint density at radius 1 is 1.32 bits per heavy atom. The molecule has 0 bridgehead atoms. The first kappa shape index (κ1) is 23.1. The second-order valence-corrected chi connectivity index (χ2v) is 12.5. The number of halogens is 1. The molecule has 0 saturated carbocycles. The minimum Gasteiger partial charge on any atom is -0.462 e. The molecular weight excluding hydrogens is 498 g/mol. The van der Waals surface area contributed by atoms with Gasteiger partial charge in [-0.3, -0.25) is 5.32 Å². The van der Waals surface area contributed by atoms with E-state index in [4.69, 9.17) is 4.74 Å². The average molecular weight is 529 g/mol. The van der Waals surface area contributed by atoms with Gasteiger partial charge in [0.05, 0.1) is 16.3 Å². The number of nitrogens with one attached hydrogen (secondary N) is 3. The van der Waals surface area contributed by atoms with Gasteiger partial charge in [0.15, 0.2) is 0 Å². The van der Waals surface area contributed by atoms with Crippen LogP contribution in [0, 0.1) is 11.8 Å². The number of anilines is 1. The molecule has 4 rings (SSSR count). The number of carbonyl (C=O) groups is 2. The summed E-state index contributed by atoms with van der Waals surface area (Å²) >= 11 is 7.15. The number of hydrogen-bond donors (Lipinski definition) is 3. The van der Waals surface area contributed by atoms with Crippen LogP contribution in [-0.4, -0.2) is 42.4 Å². The molecule has 4 unspecified atom stereocenters. The van der Waals surface area contributed by atoms with Crippen LogP contribution in [0.25, 0.3) is 0 Å². The van der Waals surface area contributed by atoms with Gasteiger partial charge in [0.1, 0.15) is 5.00 Å². The highest BCUT2D eigenvalue weighted by Crippen LogP contribution is 2.47. The van der Waals surface area contributed by atoms with Crippen molar-refractivity contribution in [3.8, 4) is 0 Å². The Hall–Kier alpha value is -1.03. The topological polar surface area (TPSA) is 79.5 Å². The van der Waals surface area contributed by atoms with Crippen molar-refractivity contribution in [2.45, 2.75) is 50.1 Å². The van der Waals surface area contributed by atoms with Crippen LogP contribution in [0.3, 0.4) is 0 Å². The number of thiophene rings is 1. The van der Waals surface area contributed by atoms with Crippen molar-refractivity contribution in [1.29, 1.82) is 0 Å². The van der Waals surface area contributed by atoms with Crippen LogP contribution in [-0.2, 0) is 11.2 Å². The number of thioether (sulfide) groups is 1. The number of amides is 2. The normalized spacial score (nSPS) is 27.5. The van der Waals surface area contributed by atoms with Crippen molar-refractivity contribution < 1.29 is 14.3 Å². The lowest BCUT2D eigenvalue weighted by molar-refractivity contribution is 0.0526. The van der Waals surface area contributed by atoms with E-state index in [-0.39, 0.29) is 22.1 Å². The van der Waals surface area contributed by atoms with Gasteiger partial charge < -0.3 is 15.4 Å². The molecule has 0 radical (unpaired) electrons. The molecule has 0 spiro atoms. The Bertz CT molecular complexity index is 901. The van der Waals surface area contributed by atoms with Gasteiger partial charge in [0.2, 0.25) is 0 Å². The van der Waals surface area contributed by atoms with Gasteiger partial charge in [-0.2, -0.15) is 0 Å². The van der Waals surface area contributed by atoms with Gasteiger partial charge in [0.25, 0.3) is 0 Å². The molecule has 1 aromatic rings. The Morgan fingerprint density at radius 3 is 2.90 bits per heavy atom. The van der Waals surface area contributed by atoms with E-state index in [1.807, 2.05) is 18.7 Å². The number of carbonyl (C=O) groups excluding carboxylic acids is 2. The summed E-state index contributed by atoms with van der Waals surface area (Å²) in [4.78, 5) is 28.2. The molecule has 4 atom stereocenters. The zero-order valence-corrected chi connectivity index (χ0v) is 21.4. The van der Waals surface area contributed by atoms with E-state index in [1.54, 1.807) is 0 Å². The second-order valence-electron chi connectivity index (χ2n) is 8.60. The van der Waals surface area contributed by atoms with E-state index in [2.05, 4.69) is 45.7 Å². The Kier molecular flexibility index (Phi) is 7.35. The molecule has 0 fully saturated rings. The number of rotatable bonds is 5. The van der Waals surface area contributed by atoms with Gasteiger partial charge in [-0.05, 0) is 55.0 Å². The smallest absolute Gasteiger partial charge is 0.341 e. The minimum atomic E-state index is -0.339. The third-order valence-electron chi connectivity index (χ3n) is 6.22. The van der Waals surface area contributed by atoms with Crippen molar-refractivity contribution >= 4 is 56.0 Å². The maximum atomic E-state index is 12.8. The summed E-state index contributed by atoms with van der Waals surface area (Å²) in [5.41, 5.74) is 3.06. The average Bonchev–Trinajstić information content (AvgIpc) is 3.23. The van der Waals surface area contributed by atoms with Crippen molar-refractivity contribution in [2.24, 2.45) is 11.8 Å². The van der Waals surface area contributed by atoms with E-state index < -0.39 is 0 Å². The van der Waals surface area contributed by atoms with Crippen LogP contribution in [0.15, 0.2) is 10.5 Å². The number of ether oxygens (including phenoxy) is 1. The molecule has 1 aliphatic carbocycles. The summed E-state index contributed by atoms with van der Waals surface area (Å²) in [6.45, 7) is 9.02. The molecule has 170 valence electrons. The fourth-order valence-corrected chi connectivity index (χ4v) is 8.61. The summed E-state index contributed by atoms with van der Waals surface area (Å²) in [6, 6.07) is -0.266. The van der Waals surface area contributed by atoms with Gasteiger partial charge in [-0.25, -0.2) is 9.59 Å². The lowest BCUT2D eigenvalue weighted by Gasteiger charge is -2.24. The van der Waals surface area contributed by atoms with Crippen LogP contribution >= 0.6 is 39.0 Å². The van der Waals surface area contributed by atoms with Crippen LogP contribution in [0.4, 0.5) is 9.80 Å². The predicted octanol–water partition coefficient (Wildman–Crippen LogP) is 5.06. The molecule has 0 saturated heterocycles. The standard InChI is InChI=1S/C22H30BrN3O3S2/c1-4-29-21(27)17-14-8-11(2)7-12(3)18(14)31-20(17)26-22(28)25-9-15-13-5-6-24-10-16(13)30-19(15)23/h11-12,15,19,24H,4-10H2,1-3H3,(H2,25,26,28). The molecule has 6 nitrogen and oxygen atoms in total. The summed E-state index contributed by atoms with van der Waals surface area (Å²) < 4.78 is 5.62. The van der Waals surface area contributed by atoms with Gasteiger partial charge in [-0.15, -0.1) is 23.1 Å². The minimum absolute atomic E-state index is 0.266. The summed E-state index contributed by atoms with van der Waals surface area (Å²) in [5.74, 6) is 0.837. The summed E-state index contributed by atoms with van der Waals surface area (Å²) in [6.07, 6.45) is 2.97. The van der Waals surface area contributed by atoms with Crippen LogP contribution in [0.5, 0.6) is 0 Å². The van der Waals surface area contributed by atoms with E-state index in [0.717, 1.165) is 37.9 Å². The molecule has 2 amide bonds. The zero-order valence-electron chi connectivity index (χ0n) is 18.2. The fourth-order valence-electron chi connectivity index (χ4n) is 4.86. The molecule has 31 heavy (non-hydrogen) atoms. The highest BCUT2D eigenvalue weighted by molar-refractivity contribution is 9.11. The molecule has 2 aliphatic heterocycles. The van der Waals surface area contributed by atoms with E-state index in [0.29, 0.717) is 35.6 Å². The van der Waals surface area contributed by atoms with E-state index >= 15 is 0 Å². The van der Waals surface area contributed by atoms with Crippen molar-refractivity contribution in [2.75, 3.05) is 31.6 Å². The number of esters is 1. The highest BCUT2D eigenvalue weighted by atomic mass is 79.9. The van der Waals surface area contributed by atoms with Gasteiger partial charge in [-0.1, -0.05) is 35.4 Å². The SMILES string of the molecule is CCOC(=O)c1c(NC(=O)NCC2C3=C(CNCC3)SC2Br)sc2c1CC(C)CC2C. The number of hydrogen-bond acceptors (Lipinski definition) is 6. The zero-order chi connectivity index (χ0) is 22.1. The second kappa shape index (κ2) is 9.85. The number of fused-ring (bicyclic) bond motifs is 1. The first-order chi connectivity index (χ1) is 14.9. The first-order valence-electron chi connectivity index (χ1n) is 11.0. The van der Waals surface area contributed by atoms with Crippen molar-refractivity contribution in [1.82, 2.24) is 10.6 Å². The number of alkyl halides is 1. The predicted molar refractivity (Wildman–Crippen MR) is 132 cm³/mol. The summed E-state index contributed by atoms with van der Waals surface area (Å²) in [5, 5.41) is 10.0. The lowest BCUT2D eigenvalue weighted by Crippen LogP contribution is -2.36. The Morgan fingerprint density at radius 2 is 2.13 bits per heavy atom. The van der Waals surface area contributed by atoms with Crippen LogP contribution in [0.1, 0.15) is 60.3 Å². The van der Waals surface area contributed by atoms with Gasteiger partial charge in [0, 0.05) is 23.9 Å². The molecule has 3 heterocycles. The van der Waals surface area contributed by atoms with Gasteiger partial charge >= 0.3 is 12.0 Å². The monoisotopic (exact) mass is 527 g/mol. The molecular formula is C22H30BrN3O3S2. The highest BCUT2D eigenvalue weighted by Gasteiger charge is 2.36. The van der Waals surface area contributed by atoms with Crippen molar-refractivity contribution in [3.63, 3.8) is 0 Å². The van der Waals surface area contributed by atoms with E-state index in [1.165, 1.54) is 26.7 Å². The third kappa shape index (κ3) is 4.84. The molecule has 3 N–H and O–H groups in total. The maximum Gasteiger partial charge on any atom is 0.341 e. The lowest BCUT2D eigenvalue weighted by atomic mass is 9.82. The Labute approximate surface area is 200 Å². The largest absolute Gasteiger partial charge is 0.462 e. The molecule has 9 heteroatoms. The third-order valence-corrected chi connectivity index (χ3v) is 10.0. The number of urea groups is 1. The first-order valence-corrected chi connectivity index (χ1v) is 13.6. The Balaban J connectivity index is 1.48. The quantitative estimate of drug-likeness (QED) is 0.368. The van der Waals surface area contributed by atoms with Crippen LogP contribution < -0.4 is 16.0 Å². The van der Waals surface area contributed by atoms with Crippen LogP contribution in [0.2, 0.25) is 0 Å². The summed E-state index contributed by atoms with van der Waals surface area (Å²) in [7, 11) is 0. The molecule has 1 aromatic heterocycles. The molecule has 3 aliphatic rings. The van der Waals surface area contributed by atoms with E-state index in [9.17, 15) is 9.59 Å². The van der Waals surface area contributed by atoms with Crippen molar-refractivity contribution in [3.05, 3.63) is 26.5 Å².